The maximum Gasteiger partial charge on any atom is 0.302 e. The third-order valence-corrected chi connectivity index (χ3v) is 3.00. The number of hydrogen-bond acceptors (Lipinski definition) is 2. The van der Waals surface area contributed by atoms with Crippen molar-refractivity contribution in [3.05, 3.63) is 54.3 Å². The van der Waals surface area contributed by atoms with Gasteiger partial charge in [0.05, 0.1) is 11.4 Å². The van der Waals surface area contributed by atoms with Gasteiger partial charge in [-0.15, -0.1) is 0 Å². The molecule has 2 rings (SSSR count). The molecule has 0 heterocycles. The van der Waals surface area contributed by atoms with Crippen LogP contribution in [0.2, 0.25) is 0 Å². The minimum Gasteiger partial charge on any atom is -0.198 e. The number of rotatable bonds is 2. The molecule has 0 saturated heterocycles. The first-order valence-corrected chi connectivity index (χ1v) is 5.81. The van der Waals surface area contributed by atoms with Crippen molar-refractivity contribution in [2.24, 2.45) is 10.2 Å². The van der Waals surface area contributed by atoms with Crippen molar-refractivity contribution in [2.45, 2.75) is 10.3 Å². The van der Waals surface area contributed by atoms with E-state index in [1.54, 1.807) is 24.3 Å². The summed E-state index contributed by atoms with van der Waals surface area (Å²) in [4.78, 5) is 0. The molecular weight excluding hydrogens is 281 g/mol. The molecule has 0 unspecified atom stereocenters. The monoisotopic (exact) mass is 288 g/mol. The van der Waals surface area contributed by atoms with Gasteiger partial charge in [-0.25, -0.2) is 0 Å². The molecule has 0 fully saturated rings. The number of azo groups is 1. The fourth-order valence-electron chi connectivity index (χ4n) is 1.30. The lowest BCUT2D eigenvalue weighted by Gasteiger charge is -2.26. The van der Waals surface area contributed by atoms with Crippen molar-refractivity contribution in [1.29, 1.82) is 0 Å². The van der Waals surface area contributed by atoms with Crippen LogP contribution in [-0.2, 0) is 0 Å². The zero-order valence-corrected chi connectivity index (χ0v) is 10.5. The van der Waals surface area contributed by atoms with Crippen LogP contribution in [0.5, 0.6) is 0 Å². The average molecular weight is 289 g/mol. The van der Waals surface area contributed by atoms with Crippen LogP contribution in [0.25, 0.3) is 0 Å². The summed E-state index contributed by atoms with van der Waals surface area (Å²) in [5, 5.41) is 7.70. The van der Waals surface area contributed by atoms with Crippen LogP contribution < -0.4 is 0 Å². The Bertz CT molecular complexity index is 522. The highest BCUT2D eigenvalue weighted by Crippen LogP contribution is 2.44. The molecule has 18 heavy (non-hydrogen) atoms. The van der Waals surface area contributed by atoms with Gasteiger partial charge >= 0.3 is 5.92 Å². The predicted octanol–water partition coefficient (Wildman–Crippen LogP) is 5.03. The molecule has 0 aliphatic heterocycles. The lowest BCUT2D eigenvalue weighted by atomic mass is 10.1. The molecule has 0 N–H and O–H groups in total. The van der Waals surface area contributed by atoms with E-state index in [2.05, 4.69) is 10.2 Å². The van der Waals surface area contributed by atoms with Gasteiger partial charge in [0.2, 0.25) is 4.33 Å². The second kappa shape index (κ2) is 4.78. The Kier molecular flexibility index (Phi) is 3.50. The van der Waals surface area contributed by atoms with Crippen molar-refractivity contribution in [3.63, 3.8) is 0 Å². The SMILES string of the molecule is FC1(F)C=CC(N=Nc2ccccc2)=CC1(Cl)Cl. The number of allylic oxidation sites excluding steroid dienone is 3. The molecule has 0 saturated carbocycles. The number of halogens is 4. The van der Waals surface area contributed by atoms with Gasteiger partial charge in [0.1, 0.15) is 0 Å². The Morgan fingerprint density at radius 2 is 1.67 bits per heavy atom. The third-order valence-electron chi connectivity index (χ3n) is 2.27. The van der Waals surface area contributed by atoms with E-state index in [0.717, 1.165) is 12.2 Å². The van der Waals surface area contributed by atoms with Crippen molar-refractivity contribution in [1.82, 2.24) is 0 Å². The molecule has 0 amide bonds. The molecule has 2 nitrogen and oxygen atoms in total. The van der Waals surface area contributed by atoms with Gasteiger partial charge in [-0.05, 0) is 30.4 Å². The molecule has 1 aliphatic carbocycles. The lowest BCUT2D eigenvalue weighted by molar-refractivity contribution is 0.0484. The first-order chi connectivity index (χ1) is 8.41. The number of hydrogen-bond donors (Lipinski definition) is 0. The molecule has 94 valence electrons. The molecule has 0 spiro atoms. The standard InChI is InChI=1S/C12H8Cl2F2N2/c13-11(14)8-10(6-7-12(11,15)16)18-17-9-4-2-1-3-5-9/h1-8H. The van der Waals surface area contributed by atoms with Crippen LogP contribution in [0.3, 0.4) is 0 Å². The summed E-state index contributed by atoms with van der Waals surface area (Å²) in [6.45, 7) is 0. The van der Waals surface area contributed by atoms with E-state index in [4.69, 9.17) is 23.2 Å². The van der Waals surface area contributed by atoms with Crippen molar-refractivity contribution >= 4 is 28.9 Å². The van der Waals surface area contributed by atoms with E-state index >= 15 is 0 Å². The Hall–Kier alpha value is -1.26. The van der Waals surface area contributed by atoms with E-state index in [1.807, 2.05) is 6.07 Å². The molecule has 1 aromatic carbocycles. The molecule has 0 radical (unpaired) electrons. The summed E-state index contributed by atoms with van der Waals surface area (Å²) in [5.74, 6) is -3.32. The average Bonchev–Trinajstić information content (AvgIpc) is 2.32. The van der Waals surface area contributed by atoms with E-state index < -0.39 is 10.3 Å². The summed E-state index contributed by atoms with van der Waals surface area (Å²) in [6.07, 6.45) is 2.73. The van der Waals surface area contributed by atoms with Crippen molar-refractivity contribution in [3.8, 4) is 0 Å². The number of alkyl halides is 4. The fourth-order valence-corrected chi connectivity index (χ4v) is 1.65. The Morgan fingerprint density at radius 1 is 1.00 bits per heavy atom. The van der Waals surface area contributed by atoms with Gasteiger partial charge in [0, 0.05) is 0 Å². The minimum absolute atomic E-state index is 0.190. The topological polar surface area (TPSA) is 24.7 Å². The summed E-state index contributed by atoms with van der Waals surface area (Å²) < 4.78 is 24.2. The van der Waals surface area contributed by atoms with Crippen LogP contribution in [0, 0.1) is 0 Å². The van der Waals surface area contributed by atoms with Crippen LogP contribution in [0.1, 0.15) is 0 Å². The normalized spacial score (nSPS) is 21.0. The van der Waals surface area contributed by atoms with Gasteiger partial charge in [0.15, 0.2) is 0 Å². The first-order valence-electron chi connectivity index (χ1n) is 5.05. The Balaban J connectivity index is 2.20. The zero-order chi connectivity index (χ0) is 13.2. The lowest BCUT2D eigenvalue weighted by Crippen LogP contribution is -2.36. The van der Waals surface area contributed by atoms with Crippen LogP contribution in [0.15, 0.2) is 64.5 Å². The van der Waals surface area contributed by atoms with E-state index in [1.165, 1.54) is 0 Å². The van der Waals surface area contributed by atoms with Gasteiger partial charge in [0.25, 0.3) is 0 Å². The smallest absolute Gasteiger partial charge is 0.198 e. The number of nitrogens with zero attached hydrogens (tertiary/aromatic N) is 2. The van der Waals surface area contributed by atoms with Gasteiger partial charge in [-0.3, -0.25) is 0 Å². The highest BCUT2D eigenvalue weighted by Gasteiger charge is 2.50. The molecule has 0 atom stereocenters. The summed E-state index contributed by atoms with van der Waals surface area (Å²) in [6, 6.07) is 8.89. The van der Waals surface area contributed by atoms with Gasteiger partial charge in [-0.2, -0.15) is 19.0 Å². The van der Waals surface area contributed by atoms with Crippen molar-refractivity contribution in [2.75, 3.05) is 0 Å². The molecule has 1 aromatic rings. The largest absolute Gasteiger partial charge is 0.302 e. The van der Waals surface area contributed by atoms with Crippen molar-refractivity contribution < 1.29 is 8.78 Å². The van der Waals surface area contributed by atoms with Crippen LogP contribution in [-0.4, -0.2) is 10.3 Å². The van der Waals surface area contributed by atoms with E-state index in [9.17, 15) is 8.78 Å². The molecule has 0 aromatic heterocycles. The Morgan fingerprint density at radius 3 is 2.28 bits per heavy atom. The Labute approximate surface area is 113 Å². The summed E-state index contributed by atoms with van der Waals surface area (Å²) >= 11 is 11.1. The van der Waals surface area contributed by atoms with E-state index in [-0.39, 0.29) is 5.70 Å². The van der Waals surface area contributed by atoms with Gasteiger partial charge in [-0.1, -0.05) is 41.4 Å². The molecule has 0 bridgehead atoms. The minimum atomic E-state index is -3.32. The highest BCUT2D eigenvalue weighted by molar-refractivity contribution is 6.51. The highest BCUT2D eigenvalue weighted by atomic mass is 35.5. The zero-order valence-electron chi connectivity index (χ0n) is 9.03. The maximum absolute atomic E-state index is 13.3. The second-order valence-corrected chi connectivity index (χ2v) is 5.07. The molecular formula is C12H8Cl2F2N2. The fraction of sp³-hybridized carbons (Fsp3) is 0.167. The predicted molar refractivity (Wildman–Crippen MR) is 67.6 cm³/mol. The van der Waals surface area contributed by atoms with Gasteiger partial charge < -0.3 is 0 Å². The maximum atomic E-state index is 13.3. The summed E-state index contributed by atoms with van der Waals surface area (Å²) in [5.41, 5.74) is 0.800. The second-order valence-electron chi connectivity index (χ2n) is 3.68. The number of benzene rings is 1. The summed E-state index contributed by atoms with van der Waals surface area (Å²) in [7, 11) is 0. The third kappa shape index (κ3) is 2.76. The van der Waals surface area contributed by atoms with Crippen LogP contribution >= 0.6 is 23.2 Å². The first kappa shape index (κ1) is 13.2. The van der Waals surface area contributed by atoms with E-state index in [0.29, 0.717) is 11.8 Å². The molecule has 6 heteroatoms. The van der Waals surface area contributed by atoms with Crippen LogP contribution in [0.4, 0.5) is 14.5 Å². The quantitative estimate of drug-likeness (QED) is 0.538. The molecule has 1 aliphatic rings.